The third kappa shape index (κ3) is 4.85. The summed E-state index contributed by atoms with van der Waals surface area (Å²) in [7, 11) is 0. The van der Waals surface area contributed by atoms with Crippen LogP contribution in [0.1, 0.15) is 34.5 Å². The molecule has 0 saturated heterocycles. The molecule has 4 rings (SSSR count). The van der Waals surface area contributed by atoms with Gasteiger partial charge in [0.15, 0.2) is 5.65 Å². The maximum Gasteiger partial charge on any atom is 0.258 e. The molecule has 0 bridgehead atoms. The fourth-order valence-corrected chi connectivity index (χ4v) is 3.26. The lowest BCUT2D eigenvalue weighted by molar-refractivity contribution is 0.102. The molecule has 8 nitrogen and oxygen atoms in total. The lowest BCUT2D eigenvalue weighted by atomic mass is 10.1. The number of hydrogen-bond acceptors (Lipinski definition) is 6. The predicted molar refractivity (Wildman–Crippen MR) is 117 cm³/mol. The molecule has 1 atom stereocenters. The maximum atomic E-state index is 12.8. The standard InChI is InChI=1S/C22H21F2N7O/c1-13-6-16(9-25-8-13)22(32)29-17-5-3-4-15(7-17)14(2)28-20-11-26-18-10-27-31(12-19(23)24)21(18)30-20/h3-11,14,19H,12H2,1-2H3,(H,28,30)(H,29,32)/t14-/m0/s1. The molecule has 1 aromatic carbocycles. The average molecular weight is 437 g/mol. The van der Waals surface area contributed by atoms with Crippen molar-refractivity contribution in [3.63, 3.8) is 0 Å². The van der Waals surface area contributed by atoms with Gasteiger partial charge in [-0.15, -0.1) is 0 Å². The van der Waals surface area contributed by atoms with E-state index < -0.39 is 13.0 Å². The van der Waals surface area contributed by atoms with Crippen molar-refractivity contribution in [2.75, 3.05) is 10.6 Å². The van der Waals surface area contributed by atoms with Gasteiger partial charge in [-0.1, -0.05) is 12.1 Å². The number of benzene rings is 1. The van der Waals surface area contributed by atoms with Crippen LogP contribution in [0.2, 0.25) is 0 Å². The van der Waals surface area contributed by atoms with E-state index in [1.54, 1.807) is 18.3 Å². The van der Waals surface area contributed by atoms with Crippen molar-refractivity contribution in [1.29, 1.82) is 0 Å². The molecular weight excluding hydrogens is 416 g/mol. The molecular formula is C22H21F2N7O. The predicted octanol–water partition coefficient (Wildman–Crippen LogP) is 4.22. The van der Waals surface area contributed by atoms with Crippen LogP contribution in [0.5, 0.6) is 0 Å². The van der Waals surface area contributed by atoms with E-state index in [2.05, 4.69) is 30.7 Å². The largest absolute Gasteiger partial charge is 0.362 e. The van der Waals surface area contributed by atoms with E-state index in [0.717, 1.165) is 15.8 Å². The summed E-state index contributed by atoms with van der Waals surface area (Å²) in [5.74, 6) is 0.184. The van der Waals surface area contributed by atoms with E-state index in [0.29, 0.717) is 22.6 Å². The van der Waals surface area contributed by atoms with Crippen molar-refractivity contribution < 1.29 is 13.6 Å². The van der Waals surface area contributed by atoms with Crippen molar-refractivity contribution in [3.05, 3.63) is 71.8 Å². The van der Waals surface area contributed by atoms with Crippen LogP contribution >= 0.6 is 0 Å². The second-order valence-electron chi connectivity index (χ2n) is 7.38. The highest BCUT2D eigenvalue weighted by atomic mass is 19.3. The van der Waals surface area contributed by atoms with Crippen molar-refractivity contribution in [2.45, 2.75) is 32.9 Å². The monoisotopic (exact) mass is 437 g/mol. The molecule has 4 aromatic rings. The van der Waals surface area contributed by atoms with E-state index in [1.165, 1.54) is 18.6 Å². The highest BCUT2D eigenvalue weighted by molar-refractivity contribution is 6.04. The first-order chi connectivity index (χ1) is 15.4. The Kier molecular flexibility index (Phi) is 6.02. The third-order valence-corrected chi connectivity index (χ3v) is 4.80. The van der Waals surface area contributed by atoms with Crippen LogP contribution in [0.15, 0.2) is 55.1 Å². The van der Waals surface area contributed by atoms with Gasteiger partial charge < -0.3 is 10.6 Å². The van der Waals surface area contributed by atoms with Gasteiger partial charge in [0.2, 0.25) is 0 Å². The minimum absolute atomic E-state index is 0.189. The summed E-state index contributed by atoms with van der Waals surface area (Å²) >= 11 is 0. The number of aromatic nitrogens is 5. The van der Waals surface area contributed by atoms with Gasteiger partial charge in [-0.3, -0.25) is 9.78 Å². The zero-order valence-corrected chi connectivity index (χ0v) is 17.5. The van der Waals surface area contributed by atoms with E-state index in [1.807, 2.05) is 32.0 Å². The average Bonchev–Trinajstić information content (AvgIpc) is 3.15. The van der Waals surface area contributed by atoms with E-state index >= 15 is 0 Å². The van der Waals surface area contributed by atoms with Crippen molar-refractivity contribution >= 4 is 28.6 Å². The second-order valence-corrected chi connectivity index (χ2v) is 7.38. The van der Waals surface area contributed by atoms with E-state index in [4.69, 9.17) is 0 Å². The minimum Gasteiger partial charge on any atom is -0.362 e. The van der Waals surface area contributed by atoms with Crippen molar-refractivity contribution in [1.82, 2.24) is 24.7 Å². The van der Waals surface area contributed by atoms with Gasteiger partial charge >= 0.3 is 0 Å². The Balaban J connectivity index is 1.49. The summed E-state index contributed by atoms with van der Waals surface area (Å²) < 4.78 is 26.7. The SMILES string of the molecule is Cc1cncc(C(=O)Nc2cccc([C@H](C)Nc3cnc4cnn(CC(F)F)c4n3)c2)c1. The number of fused-ring (bicyclic) bond motifs is 1. The van der Waals surface area contributed by atoms with Gasteiger partial charge in [0.1, 0.15) is 17.9 Å². The van der Waals surface area contributed by atoms with Gasteiger partial charge in [0.05, 0.1) is 24.0 Å². The molecule has 0 unspecified atom stereocenters. The first-order valence-corrected chi connectivity index (χ1v) is 9.95. The number of amides is 1. The van der Waals surface area contributed by atoms with E-state index in [9.17, 15) is 13.6 Å². The summed E-state index contributed by atoms with van der Waals surface area (Å²) in [6, 6.07) is 8.98. The number of carbonyl (C=O) groups excluding carboxylic acids is 1. The molecule has 0 aliphatic heterocycles. The zero-order chi connectivity index (χ0) is 22.7. The number of pyridine rings is 1. The van der Waals surface area contributed by atoms with Gasteiger partial charge in [-0.25, -0.2) is 23.4 Å². The molecule has 2 N–H and O–H groups in total. The van der Waals surface area contributed by atoms with E-state index in [-0.39, 0.29) is 17.6 Å². The van der Waals surface area contributed by atoms with Crippen LogP contribution < -0.4 is 10.6 Å². The number of alkyl halides is 2. The number of nitrogens with zero attached hydrogens (tertiary/aromatic N) is 5. The number of anilines is 2. The van der Waals surface area contributed by atoms with Crippen LogP contribution in [-0.4, -0.2) is 37.1 Å². The summed E-state index contributed by atoms with van der Waals surface area (Å²) in [4.78, 5) is 25.2. The first-order valence-electron chi connectivity index (χ1n) is 9.95. The van der Waals surface area contributed by atoms with Crippen molar-refractivity contribution in [3.8, 4) is 0 Å². The molecule has 10 heteroatoms. The Labute approximate surface area is 182 Å². The lowest BCUT2D eigenvalue weighted by Gasteiger charge is -2.16. The Bertz CT molecular complexity index is 1260. The Hall–Kier alpha value is -3.95. The second kappa shape index (κ2) is 9.04. The normalized spacial score (nSPS) is 12.2. The molecule has 164 valence electrons. The Morgan fingerprint density at radius 2 is 2.00 bits per heavy atom. The topological polar surface area (TPSA) is 97.6 Å². The molecule has 0 aliphatic rings. The summed E-state index contributed by atoms with van der Waals surface area (Å²) in [5, 5.41) is 10.0. The van der Waals surface area contributed by atoms with Gasteiger partial charge in [-0.2, -0.15) is 5.10 Å². The van der Waals surface area contributed by atoms with Crippen LogP contribution in [0, 0.1) is 6.92 Å². The molecule has 0 aliphatic carbocycles. The molecule has 3 aromatic heterocycles. The fourth-order valence-electron chi connectivity index (χ4n) is 3.26. The van der Waals surface area contributed by atoms with Crippen molar-refractivity contribution in [2.24, 2.45) is 0 Å². The number of aryl methyl sites for hydroxylation is 1. The number of nitrogens with one attached hydrogen (secondary N) is 2. The maximum absolute atomic E-state index is 12.8. The lowest BCUT2D eigenvalue weighted by Crippen LogP contribution is -2.14. The first kappa shape index (κ1) is 21.3. The fraction of sp³-hybridized carbons (Fsp3) is 0.227. The smallest absolute Gasteiger partial charge is 0.258 e. The number of rotatable bonds is 7. The molecule has 0 radical (unpaired) electrons. The molecule has 3 heterocycles. The minimum atomic E-state index is -2.54. The molecule has 0 spiro atoms. The molecule has 0 fully saturated rings. The highest BCUT2D eigenvalue weighted by Crippen LogP contribution is 2.22. The summed E-state index contributed by atoms with van der Waals surface area (Å²) in [5.41, 5.74) is 3.64. The molecule has 0 saturated carbocycles. The van der Waals surface area contributed by atoms with Crippen LogP contribution in [0.25, 0.3) is 11.2 Å². The third-order valence-electron chi connectivity index (χ3n) is 4.80. The number of halogens is 2. The molecule has 1 amide bonds. The molecule has 32 heavy (non-hydrogen) atoms. The van der Waals surface area contributed by atoms with Crippen LogP contribution in [-0.2, 0) is 6.54 Å². The number of hydrogen-bond donors (Lipinski definition) is 2. The van der Waals surface area contributed by atoms with Gasteiger partial charge in [0, 0.05) is 18.1 Å². The van der Waals surface area contributed by atoms with Gasteiger partial charge in [-0.05, 0) is 43.2 Å². The van der Waals surface area contributed by atoms with Crippen LogP contribution in [0.4, 0.5) is 20.3 Å². The zero-order valence-electron chi connectivity index (χ0n) is 17.5. The Morgan fingerprint density at radius 1 is 1.16 bits per heavy atom. The quantitative estimate of drug-likeness (QED) is 0.449. The van der Waals surface area contributed by atoms with Crippen LogP contribution in [0.3, 0.4) is 0 Å². The highest BCUT2D eigenvalue weighted by Gasteiger charge is 2.14. The van der Waals surface area contributed by atoms with Gasteiger partial charge in [0.25, 0.3) is 12.3 Å². The Morgan fingerprint density at radius 3 is 2.78 bits per heavy atom. The number of carbonyl (C=O) groups is 1. The summed E-state index contributed by atoms with van der Waals surface area (Å²) in [6.45, 7) is 3.25. The summed E-state index contributed by atoms with van der Waals surface area (Å²) in [6.07, 6.45) is 3.61.